The van der Waals surface area contributed by atoms with Gasteiger partial charge < -0.3 is 11.5 Å². The van der Waals surface area contributed by atoms with Gasteiger partial charge in [-0.2, -0.15) is 0 Å². The predicted octanol–water partition coefficient (Wildman–Crippen LogP) is 2.95. The molecular weight excluding hydrogens is 308 g/mol. The maximum atomic E-state index is 6.04. The molecule has 0 saturated heterocycles. The summed E-state index contributed by atoms with van der Waals surface area (Å²) in [5, 5.41) is 0. The average Bonchev–Trinajstić information content (AvgIpc) is 2.18. The van der Waals surface area contributed by atoms with Crippen molar-refractivity contribution in [3.8, 4) is 0 Å². The van der Waals surface area contributed by atoms with Crippen LogP contribution in [0.1, 0.15) is 24.4 Å². The molecule has 0 fully saturated rings. The van der Waals surface area contributed by atoms with Crippen LogP contribution in [-0.4, -0.2) is 6.54 Å². The lowest BCUT2D eigenvalue weighted by Crippen LogP contribution is -2.13. The average molecular weight is 322 g/mol. The molecule has 4 N–H and O–H groups in total. The van der Waals surface area contributed by atoms with E-state index in [2.05, 4.69) is 31.9 Å². The minimum absolute atomic E-state index is 0.0606. The standard InChI is InChI=1S/C10H14Br2N2/c11-7-3-4-9(12)8(6-7)10(14)2-1-5-13/h3-4,6,10H,1-2,5,13-14H2/t10-/m1/s1. The van der Waals surface area contributed by atoms with Crippen LogP contribution >= 0.6 is 31.9 Å². The zero-order valence-electron chi connectivity index (χ0n) is 7.84. The van der Waals surface area contributed by atoms with Crippen molar-refractivity contribution in [1.29, 1.82) is 0 Å². The van der Waals surface area contributed by atoms with Crippen molar-refractivity contribution in [3.05, 3.63) is 32.7 Å². The Balaban J connectivity index is 2.77. The van der Waals surface area contributed by atoms with Crippen LogP contribution in [0.25, 0.3) is 0 Å². The fourth-order valence-electron chi connectivity index (χ4n) is 1.29. The largest absolute Gasteiger partial charge is 0.330 e. The highest BCUT2D eigenvalue weighted by atomic mass is 79.9. The molecule has 1 aromatic rings. The van der Waals surface area contributed by atoms with Crippen LogP contribution < -0.4 is 11.5 Å². The van der Waals surface area contributed by atoms with Gasteiger partial charge in [-0.05, 0) is 43.1 Å². The van der Waals surface area contributed by atoms with Gasteiger partial charge >= 0.3 is 0 Å². The minimum Gasteiger partial charge on any atom is -0.330 e. The highest BCUT2D eigenvalue weighted by molar-refractivity contribution is 9.11. The van der Waals surface area contributed by atoms with E-state index in [1.807, 2.05) is 18.2 Å². The molecule has 0 bridgehead atoms. The molecule has 14 heavy (non-hydrogen) atoms. The van der Waals surface area contributed by atoms with E-state index in [0.29, 0.717) is 6.54 Å². The van der Waals surface area contributed by atoms with Gasteiger partial charge in [0.1, 0.15) is 0 Å². The molecule has 78 valence electrons. The summed E-state index contributed by atoms with van der Waals surface area (Å²) >= 11 is 6.92. The predicted molar refractivity (Wildman–Crippen MR) is 67.1 cm³/mol. The number of halogens is 2. The topological polar surface area (TPSA) is 52.0 Å². The van der Waals surface area contributed by atoms with Crippen LogP contribution in [0.2, 0.25) is 0 Å². The summed E-state index contributed by atoms with van der Waals surface area (Å²) in [5.41, 5.74) is 12.6. The highest BCUT2D eigenvalue weighted by Gasteiger charge is 2.09. The van der Waals surface area contributed by atoms with Crippen molar-refractivity contribution >= 4 is 31.9 Å². The normalized spacial score (nSPS) is 12.9. The van der Waals surface area contributed by atoms with E-state index in [0.717, 1.165) is 27.4 Å². The maximum Gasteiger partial charge on any atom is 0.0306 e. The molecule has 1 atom stereocenters. The fraction of sp³-hybridized carbons (Fsp3) is 0.400. The van der Waals surface area contributed by atoms with Gasteiger partial charge in [-0.15, -0.1) is 0 Å². The fourth-order valence-corrected chi connectivity index (χ4v) is 2.21. The first-order valence-electron chi connectivity index (χ1n) is 4.55. The summed E-state index contributed by atoms with van der Waals surface area (Å²) < 4.78 is 2.11. The first kappa shape index (κ1) is 12.2. The van der Waals surface area contributed by atoms with Gasteiger partial charge in [-0.1, -0.05) is 31.9 Å². The lowest BCUT2D eigenvalue weighted by Gasteiger charge is -2.13. The number of benzene rings is 1. The third-order valence-corrected chi connectivity index (χ3v) is 3.29. The number of rotatable bonds is 4. The SMILES string of the molecule is NCCC[C@@H](N)c1cc(Br)ccc1Br. The van der Waals surface area contributed by atoms with Crippen molar-refractivity contribution in [2.24, 2.45) is 11.5 Å². The van der Waals surface area contributed by atoms with Crippen LogP contribution in [0.5, 0.6) is 0 Å². The van der Waals surface area contributed by atoms with E-state index in [9.17, 15) is 0 Å². The molecule has 0 unspecified atom stereocenters. The van der Waals surface area contributed by atoms with Gasteiger partial charge in [0, 0.05) is 15.0 Å². The van der Waals surface area contributed by atoms with Crippen molar-refractivity contribution in [1.82, 2.24) is 0 Å². The van der Waals surface area contributed by atoms with Crippen LogP contribution in [0.3, 0.4) is 0 Å². The third kappa shape index (κ3) is 3.35. The molecule has 2 nitrogen and oxygen atoms in total. The Morgan fingerprint density at radius 3 is 2.64 bits per heavy atom. The summed E-state index contributed by atoms with van der Waals surface area (Å²) in [6.45, 7) is 0.694. The Labute approximate surface area is 101 Å². The molecule has 0 aliphatic carbocycles. The molecule has 4 heteroatoms. The molecular formula is C10H14Br2N2. The number of hydrogen-bond donors (Lipinski definition) is 2. The molecule has 1 aromatic carbocycles. The summed E-state index contributed by atoms with van der Waals surface area (Å²) in [4.78, 5) is 0. The molecule has 0 saturated carbocycles. The lowest BCUT2D eigenvalue weighted by atomic mass is 10.0. The van der Waals surface area contributed by atoms with E-state index in [1.54, 1.807) is 0 Å². The second-order valence-corrected chi connectivity index (χ2v) is 4.97. The Hall–Kier alpha value is 0.1000. The quantitative estimate of drug-likeness (QED) is 0.895. The van der Waals surface area contributed by atoms with E-state index in [4.69, 9.17) is 11.5 Å². The molecule has 0 radical (unpaired) electrons. The van der Waals surface area contributed by atoms with Gasteiger partial charge in [0.25, 0.3) is 0 Å². The Morgan fingerprint density at radius 1 is 1.29 bits per heavy atom. The monoisotopic (exact) mass is 320 g/mol. The molecule has 0 aliphatic rings. The summed E-state index contributed by atoms with van der Waals surface area (Å²) in [6.07, 6.45) is 1.88. The second-order valence-electron chi connectivity index (χ2n) is 3.20. The first-order valence-corrected chi connectivity index (χ1v) is 6.14. The molecule has 0 spiro atoms. The Kier molecular flexibility index (Phi) is 5.09. The zero-order chi connectivity index (χ0) is 10.6. The zero-order valence-corrected chi connectivity index (χ0v) is 11.0. The minimum atomic E-state index is 0.0606. The first-order chi connectivity index (χ1) is 6.65. The van der Waals surface area contributed by atoms with Gasteiger partial charge in [-0.25, -0.2) is 0 Å². The van der Waals surface area contributed by atoms with Crippen LogP contribution in [-0.2, 0) is 0 Å². The number of nitrogens with two attached hydrogens (primary N) is 2. The molecule has 0 heterocycles. The smallest absolute Gasteiger partial charge is 0.0306 e. The van der Waals surface area contributed by atoms with Gasteiger partial charge in [0.15, 0.2) is 0 Å². The third-order valence-electron chi connectivity index (χ3n) is 2.08. The van der Waals surface area contributed by atoms with Crippen LogP contribution in [0, 0.1) is 0 Å². The summed E-state index contributed by atoms with van der Waals surface area (Å²) in [7, 11) is 0. The van der Waals surface area contributed by atoms with E-state index in [-0.39, 0.29) is 6.04 Å². The maximum absolute atomic E-state index is 6.04. The van der Waals surface area contributed by atoms with Crippen LogP contribution in [0.15, 0.2) is 27.1 Å². The van der Waals surface area contributed by atoms with E-state index < -0.39 is 0 Å². The van der Waals surface area contributed by atoms with Crippen molar-refractivity contribution in [3.63, 3.8) is 0 Å². The van der Waals surface area contributed by atoms with E-state index in [1.165, 1.54) is 0 Å². The van der Waals surface area contributed by atoms with E-state index >= 15 is 0 Å². The van der Waals surface area contributed by atoms with Crippen molar-refractivity contribution < 1.29 is 0 Å². The lowest BCUT2D eigenvalue weighted by molar-refractivity contribution is 0.616. The molecule has 0 aliphatic heterocycles. The summed E-state index contributed by atoms with van der Waals surface area (Å²) in [5.74, 6) is 0. The Bertz CT molecular complexity index is 302. The second kappa shape index (κ2) is 5.85. The molecule has 0 amide bonds. The molecule has 1 rings (SSSR count). The molecule has 0 aromatic heterocycles. The summed E-state index contributed by atoms with van der Waals surface area (Å²) in [6, 6.07) is 6.10. The van der Waals surface area contributed by atoms with Crippen LogP contribution in [0.4, 0.5) is 0 Å². The van der Waals surface area contributed by atoms with Gasteiger partial charge in [-0.3, -0.25) is 0 Å². The van der Waals surface area contributed by atoms with Crippen molar-refractivity contribution in [2.45, 2.75) is 18.9 Å². The van der Waals surface area contributed by atoms with Gasteiger partial charge in [0.2, 0.25) is 0 Å². The number of hydrogen-bond acceptors (Lipinski definition) is 2. The van der Waals surface area contributed by atoms with Crippen molar-refractivity contribution in [2.75, 3.05) is 6.54 Å². The highest BCUT2D eigenvalue weighted by Crippen LogP contribution is 2.27. The Morgan fingerprint density at radius 2 is 2.00 bits per heavy atom. The van der Waals surface area contributed by atoms with Gasteiger partial charge in [0.05, 0.1) is 0 Å².